The van der Waals surface area contributed by atoms with E-state index in [1.807, 2.05) is 30.3 Å². The highest BCUT2D eigenvalue weighted by Gasteiger charge is 2.25. The molecule has 1 heterocycles. The number of aromatic nitrogens is 1. The average Bonchev–Trinajstić information content (AvgIpc) is 3.47. The Bertz CT molecular complexity index is 988. The third kappa shape index (κ3) is 3.70. The summed E-state index contributed by atoms with van der Waals surface area (Å²) in [6.07, 6.45) is 2.62. The van der Waals surface area contributed by atoms with Gasteiger partial charge in [0.05, 0.1) is 11.9 Å². The smallest absolute Gasteiger partial charge is 0.228 e. The number of nitrogens with zero attached hydrogens (tertiary/aromatic N) is 1. The first-order chi connectivity index (χ1) is 12.6. The van der Waals surface area contributed by atoms with E-state index in [9.17, 15) is 4.79 Å². The molecule has 1 amide bonds. The SMILES string of the molecule is NSc1cc(NC(=O)Cc2ccccc2Cl)cc2nc(C3CC3)ccc12. The molecule has 0 unspecified atom stereocenters. The molecule has 3 aromatic rings. The van der Waals surface area contributed by atoms with Gasteiger partial charge in [0.25, 0.3) is 0 Å². The summed E-state index contributed by atoms with van der Waals surface area (Å²) in [5, 5.41) is 10.4. The molecule has 4 nitrogen and oxygen atoms in total. The minimum absolute atomic E-state index is 0.122. The highest BCUT2D eigenvalue weighted by molar-refractivity contribution is 7.97. The van der Waals surface area contributed by atoms with E-state index in [0.717, 1.165) is 39.0 Å². The molecular formula is C20H18ClN3OS. The number of rotatable bonds is 5. The van der Waals surface area contributed by atoms with Gasteiger partial charge in [0, 0.05) is 32.6 Å². The number of hydrogen-bond donors (Lipinski definition) is 2. The fourth-order valence-corrected chi connectivity index (χ4v) is 3.71. The Morgan fingerprint density at radius 1 is 1.23 bits per heavy atom. The Morgan fingerprint density at radius 3 is 2.77 bits per heavy atom. The van der Waals surface area contributed by atoms with Crippen LogP contribution < -0.4 is 10.5 Å². The van der Waals surface area contributed by atoms with E-state index in [0.29, 0.717) is 16.6 Å². The maximum atomic E-state index is 12.4. The number of carbonyl (C=O) groups excluding carboxylic acids is 1. The van der Waals surface area contributed by atoms with Gasteiger partial charge in [0.2, 0.25) is 5.91 Å². The first-order valence-electron chi connectivity index (χ1n) is 8.49. The highest BCUT2D eigenvalue weighted by Crippen LogP contribution is 2.40. The molecular weight excluding hydrogens is 366 g/mol. The maximum Gasteiger partial charge on any atom is 0.228 e. The summed E-state index contributed by atoms with van der Waals surface area (Å²) in [4.78, 5) is 18.1. The van der Waals surface area contributed by atoms with Gasteiger partial charge in [0.1, 0.15) is 0 Å². The fourth-order valence-electron chi connectivity index (χ4n) is 3.01. The molecule has 3 N–H and O–H groups in total. The molecule has 1 aliphatic rings. The van der Waals surface area contributed by atoms with Gasteiger partial charge in [0.15, 0.2) is 0 Å². The number of nitrogens with one attached hydrogen (secondary N) is 1. The molecule has 1 fully saturated rings. The fraction of sp³-hybridized carbons (Fsp3) is 0.200. The number of halogens is 1. The Balaban J connectivity index is 1.61. The first-order valence-corrected chi connectivity index (χ1v) is 9.74. The second kappa shape index (κ2) is 7.27. The molecule has 1 saturated carbocycles. The van der Waals surface area contributed by atoms with Crippen molar-refractivity contribution in [2.75, 3.05) is 5.32 Å². The van der Waals surface area contributed by atoms with Gasteiger partial charge < -0.3 is 5.32 Å². The minimum atomic E-state index is -0.122. The zero-order valence-electron chi connectivity index (χ0n) is 14.0. The van der Waals surface area contributed by atoms with Crippen molar-refractivity contribution < 1.29 is 4.79 Å². The minimum Gasteiger partial charge on any atom is -0.326 e. The molecule has 1 aromatic heterocycles. The molecule has 1 aliphatic carbocycles. The Labute approximate surface area is 161 Å². The second-order valence-corrected chi connectivity index (χ2v) is 7.57. The summed E-state index contributed by atoms with van der Waals surface area (Å²) in [7, 11) is 0. The van der Waals surface area contributed by atoms with Crippen LogP contribution in [0.2, 0.25) is 5.02 Å². The number of carbonyl (C=O) groups is 1. The number of nitrogens with two attached hydrogens (primary N) is 1. The van der Waals surface area contributed by atoms with Gasteiger partial charge in [-0.2, -0.15) is 0 Å². The van der Waals surface area contributed by atoms with Gasteiger partial charge in [-0.3, -0.25) is 14.9 Å². The van der Waals surface area contributed by atoms with Crippen LogP contribution >= 0.6 is 23.5 Å². The number of pyridine rings is 1. The van der Waals surface area contributed by atoms with E-state index in [-0.39, 0.29) is 12.3 Å². The number of benzene rings is 2. The topological polar surface area (TPSA) is 68.0 Å². The molecule has 6 heteroatoms. The van der Waals surface area contributed by atoms with Crippen molar-refractivity contribution in [2.45, 2.75) is 30.1 Å². The summed E-state index contributed by atoms with van der Waals surface area (Å²) in [5.74, 6) is 0.454. The van der Waals surface area contributed by atoms with Crippen molar-refractivity contribution in [3.8, 4) is 0 Å². The van der Waals surface area contributed by atoms with Crippen molar-refractivity contribution in [1.29, 1.82) is 0 Å². The van der Waals surface area contributed by atoms with E-state index in [2.05, 4.69) is 17.4 Å². The molecule has 2 aromatic carbocycles. The maximum absolute atomic E-state index is 12.4. The summed E-state index contributed by atoms with van der Waals surface area (Å²) in [5.41, 5.74) is 3.47. The van der Waals surface area contributed by atoms with Gasteiger partial charge in [-0.25, -0.2) is 0 Å². The predicted molar refractivity (Wildman–Crippen MR) is 108 cm³/mol. The molecule has 0 spiro atoms. The Kier molecular flexibility index (Phi) is 4.85. The van der Waals surface area contributed by atoms with Crippen LogP contribution in [0.5, 0.6) is 0 Å². The van der Waals surface area contributed by atoms with E-state index in [1.165, 1.54) is 12.8 Å². The van der Waals surface area contributed by atoms with Gasteiger partial charge in [-0.1, -0.05) is 29.8 Å². The van der Waals surface area contributed by atoms with E-state index in [1.54, 1.807) is 6.07 Å². The van der Waals surface area contributed by atoms with Crippen LogP contribution in [0.4, 0.5) is 5.69 Å². The molecule has 0 aliphatic heterocycles. The lowest BCUT2D eigenvalue weighted by atomic mass is 10.1. The molecule has 0 atom stereocenters. The molecule has 0 radical (unpaired) electrons. The zero-order chi connectivity index (χ0) is 18.1. The zero-order valence-corrected chi connectivity index (χ0v) is 15.6. The second-order valence-electron chi connectivity index (χ2n) is 6.49. The van der Waals surface area contributed by atoms with Crippen molar-refractivity contribution in [2.24, 2.45) is 5.14 Å². The van der Waals surface area contributed by atoms with E-state index in [4.69, 9.17) is 21.7 Å². The molecule has 132 valence electrons. The molecule has 0 saturated heterocycles. The number of amides is 1. The van der Waals surface area contributed by atoms with Crippen molar-refractivity contribution >= 4 is 46.0 Å². The van der Waals surface area contributed by atoms with Gasteiger partial charge in [-0.15, -0.1) is 0 Å². The van der Waals surface area contributed by atoms with Crippen LogP contribution in [0, 0.1) is 0 Å². The normalized spacial score (nSPS) is 13.8. The third-order valence-corrected chi connectivity index (χ3v) is 5.47. The van der Waals surface area contributed by atoms with Crippen LogP contribution in [0.1, 0.15) is 30.0 Å². The van der Waals surface area contributed by atoms with Crippen LogP contribution in [0.3, 0.4) is 0 Å². The average molecular weight is 384 g/mol. The number of anilines is 1. The van der Waals surface area contributed by atoms with Crippen LogP contribution in [0.15, 0.2) is 53.4 Å². The standard InChI is InChI=1S/C20H18ClN3OS/c21-16-4-2-1-3-13(16)9-20(25)23-14-10-18-15(19(11-14)26-22)7-8-17(24-18)12-5-6-12/h1-4,7-8,10-12H,5-6,9,22H2,(H,23,25). The van der Waals surface area contributed by atoms with Crippen LogP contribution in [-0.4, -0.2) is 10.9 Å². The lowest BCUT2D eigenvalue weighted by Crippen LogP contribution is -2.14. The summed E-state index contributed by atoms with van der Waals surface area (Å²) < 4.78 is 0. The lowest BCUT2D eigenvalue weighted by Gasteiger charge is -2.11. The largest absolute Gasteiger partial charge is 0.326 e. The van der Waals surface area contributed by atoms with Gasteiger partial charge >= 0.3 is 0 Å². The van der Waals surface area contributed by atoms with Crippen molar-refractivity contribution in [1.82, 2.24) is 4.98 Å². The van der Waals surface area contributed by atoms with Gasteiger partial charge in [-0.05, 0) is 60.7 Å². The quantitative estimate of drug-likeness (QED) is 0.614. The lowest BCUT2D eigenvalue weighted by molar-refractivity contribution is -0.115. The van der Waals surface area contributed by atoms with Crippen LogP contribution in [0.25, 0.3) is 10.9 Å². The Morgan fingerprint density at radius 2 is 2.04 bits per heavy atom. The number of hydrogen-bond acceptors (Lipinski definition) is 4. The Hall–Kier alpha value is -2.08. The highest BCUT2D eigenvalue weighted by atomic mass is 35.5. The van der Waals surface area contributed by atoms with Crippen molar-refractivity contribution in [3.63, 3.8) is 0 Å². The predicted octanol–water partition coefficient (Wildman–Crippen LogP) is 4.91. The van der Waals surface area contributed by atoms with E-state index < -0.39 is 0 Å². The van der Waals surface area contributed by atoms with Crippen LogP contribution in [-0.2, 0) is 11.2 Å². The summed E-state index contributed by atoms with van der Waals surface area (Å²) in [6.45, 7) is 0. The third-order valence-electron chi connectivity index (χ3n) is 4.51. The molecule has 0 bridgehead atoms. The summed E-state index contributed by atoms with van der Waals surface area (Å²) in [6, 6.07) is 15.3. The summed E-state index contributed by atoms with van der Waals surface area (Å²) >= 11 is 7.30. The number of fused-ring (bicyclic) bond motifs is 1. The molecule has 26 heavy (non-hydrogen) atoms. The van der Waals surface area contributed by atoms with E-state index >= 15 is 0 Å². The first kappa shape index (κ1) is 17.3. The monoisotopic (exact) mass is 383 g/mol. The van der Waals surface area contributed by atoms with Crippen molar-refractivity contribution in [3.05, 3.63) is 64.8 Å². The molecule has 4 rings (SSSR count).